The van der Waals surface area contributed by atoms with Crippen molar-refractivity contribution in [3.8, 4) is 0 Å². The number of nitrogens with zero attached hydrogens (tertiary/aromatic N) is 2. The van der Waals surface area contributed by atoms with Crippen molar-refractivity contribution in [2.24, 2.45) is 0 Å². The van der Waals surface area contributed by atoms with Crippen LogP contribution in [0.4, 0.5) is 0 Å². The lowest BCUT2D eigenvalue weighted by molar-refractivity contribution is 0.329. The van der Waals surface area contributed by atoms with Gasteiger partial charge in [-0.2, -0.15) is 4.98 Å². The van der Waals surface area contributed by atoms with Crippen LogP contribution < -0.4 is 5.32 Å². The summed E-state index contributed by atoms with van der Waals surface area (Å²) >= 11 is 0. The van der Waals surface area contributed by atoms with Gasteiger partial charge >= 0.3 is 0 Å². The molecular weight excluding hydrogens is 190 g/mol. The molecule has 0 aromatic carbocycles. The molecule has 1 aromatic heterocycles. The van der Waals surface area contributed by atoms with E-state index in [0.717, 1.165) is 18.3 Å². The summed E-state index contributed by atoms with van der Waals surface area (Å²) in [6, 6.07) is 0.357. The first kappa shape index (κ1) is 12.2. The van der Waals surface area contributed by atoms with E-state index in [9.17, 15) is 0 Å². The Balaban J connectivity index is 2.69. The van der Waals surface area contributed by atoms with Crippen LogP contribution in [0.25, 0.3) is 0 Å². The van der Waals surface area contributed by atoms with Crippen LogP contribution in [0.2, 0.25) is 0 Å². The zero-order valence-corrected chi connectivity index (χ0v) is 10.2. The number of hydrogen-bond acceptors (Lipinski definition) is 4. The molecule has 1 N–H and O–H groups in total. The first-order valence-electron chi connectivity index (χ1n) is 5.63. The van der Waals surface area contributed by atoms with Crippen LogP contribution in [0.15, 0.2) is 4.52 Å². The largest absolute Gasteiger partial charge is 0.339 e. The summed E-state index contributed by atoms with van der Waals surface area (Å²) in [5.41, 5.74) is 0. The van der Waals surface area contributed by atoms with Crippen molar-refractivity contribution in [3.05, 3.63) is 11.7 Å². The van der Waals surface area contributed by atoms with Crippen molar-refractivity contribution in [2.75, 3.05) is 6.54 Å². The van der Waals surface area contributed by atoms with Crippen molar-refractivity contribution in [1.29, 1.82) is 0 Å². The first-order chi connectivity index (χ1) is 7.06. The summed E-state index contributed by atoms with van der Waals surface area (Å²) in [6.45, 7) is 11.4. The Hall–Kier alpha value is -0.900. The summed E-state index contributed by atoms with van der Waals surface area (Å²) in [7, 11) is 0. The van der Waals surface area contributed by atoms with Crippen molar-refractivity contribution in [3.63, 3.8) is 0 Å². The van der Waals surface area contributed by atoms with Gasteiger partial charge in [-0.25, -0.2) is 0 Å². The number of hydrogen-bond donors (Lipinski definition) is 1. The van der Waals surface area contributed by atoms with E-state index >= 15 is 0 Å². The maximum absolute atomic E-state index is 5.25. The molecule has 0 bridgehead atoms. The molecule has 0 saturated carbocycles. The zero-order chi connectivity index (χ0) is 11.4. The van der Waals surface area contributed by atoms with Gasteiger partial charge in [0.1, 0.15) is 0 Å². The highest BCUT2D eigenvalue weighted by atomic mass is 16.5. The normalized spacial score (nSPS) is 15.6. The maximum Gasteiger partial charge on any atom is 0.231 e. The quantitative estimate of drug-likeness (QED) is 0.812. The molecule has 0 aliphatic rings. The van der Waals surface area contributed by atoms with Gasteiger partial charge in [0.05, 0.1) is 5.92 Å². The fraction of sp³-hybridized carbons (Fsp3) is 0.818. The molecule has 2 atom stereocenters. The van der Waals surface area contributed by atoms with Gasteiger partial charge in [-0.1, -0.05) is 32.9 Å². The van der Waals surface area contributed by atoms with Gasteiger partial charge in [0, 0.05) is 12.0 Å². The minimum Gasteiger partial charge on any atom is -0.339 e. The summed E-state index contributed by atoms with van der Waals surface area (Å²) in [5, 5.41) is 7.32. The van der Waals surface area contributed by atoms with E-state index in [1.807, 2.05) is 0 Å². The third kappa shape index (κ3) is 3.02. The molecule has 2 unspecified atom stereocenters. The molecule has 0 aliphatic heterocycles. The highest BCUT2D eigenvalue weighted by Gasteiger charge is 2.20. The highest BCUT2D eigenvalue weighted by Crippen LogP contribution is 2.19. The minimum absolute atomic E-state index is 0.255. The number of rotatable bonds is 5. The van der Waals surface area contributed by atoms with Gasteiger partial charge < -0.3 is 9.84 Å². The van der Waals surface area contributed by atoms with Crippen LogP contribution in [0.1, 0.15) is 58.2 Å². The van der Waals surface area contributed by atoms with Gasteiger partial charge in [0.25, 0.3) is 0 Å². The molecule has 0 saturated heterocycles. The molecular formula is C11H21N3O. The third-order valence-corrected chi connectivity index (χ3v) is 2.64. The van der Waals surface area contributed by atoms with Crippen molar-refractivity contribution in [2.45, 2.75) is 52.5 Å². The predicted molar refractivity (Wildman–Crippen MR) is 59.9 cm³/mol. The molecule has 0 spiro atoms. The van der Waals surface area contributed by atoms with Crippen LogP contribution in [0.5, 0.6) is 0 Å². The second-order valence-electron chi connectivity index (χ2n) is 4.28. The number of nitrogens with one attached hydrogen (secondary N) is 1. The summed E-state index contributed by atoms with van der Waals surface area (Å²) in [6.07, 6.45) is 0. The molecule has 15 heavy (non-hydrogen) atoms. The molecule has 0 fully saturated rings. The average Bonchev–Trinajstić information content (AvgIpc) is 2.65. The number of aromatic nitrogens is 2. The van der Waals surface area contributed by atoms with E-state index < -0.39 is 0 Å². The average molecular weight is 211 g/mol. The fourth-order valence-electron chi connectivity index (χ4n) is 1.38. The SMILES string of the molecule is CCNC(C)C(C)c1nc(C(C)C)no1. The van der Waals surface area contributed by atoms with Gasteiger partial charge in [-0.15, -0.1) is 0 Å². The predicted octanol–water partition coefficient (Wildman–Crippen LogP) is 2.29. The minimum atomic E-state index is 0.255. The first-order valence-corrected chi connectivity index (χ1v) is 5.63. The van der Waals surface area contributed by atoms with E-state index in [2.05, 4.69) is 50.1 Å². The molecule has 0 radical (unpaired) electrons. The lowest BCUT2D eigenvalue weighted by Crippen LogP contribution is -2.30. The highest BCUT2D eigenvalue weighted by molar-refractivity contribution is 4.98. The Morgan fingerprint density at radius 3 is 2.40 bits per heavy atom. The van der Waals surface area contributed by atoms with Crippen molar-refractivity contribution < 1.29 is 4.52 Å². The van der Waals surface area contributed by atoms with Crippen LogP contribution >= 0.6 is 0 Å². The van der Waals surface area contributed by atoms with Crippen LogP contribution in [-0.2, 0) is 0 Å². The van der Waals surface area contributed by atoms with Crippen molar-refractivity contribution >= 4 is 0 Å². The Morgan fingerprint density at radius 2 is 1.93 bits per heavy atom. The molecule has 4 heteroatoms. The van der Waals surface area contributed by atoms with Gasteiger partial charge in [-0.05, 0) is 13.5 Å². The summed E-state index contributed by atoms with van der Waals surface area (Å²) < 4.78 is 5.25. The summed E-state index contributed by atoms with van der Waals surface area (Å²) in [4.78, 5) is 4.40. The molecule has 1 rings (SSSR count). The Bertz CT molecular complexity index is 296. The Labute approximate surface area is 91.5 Å². The lowest BCUT2D eigenvalue weighted by Gasteiger charge is -2.16. The van der Waals surface area contributed by atoms with E-state index in [-0.39, 0.29) is 5.92 Å². The van der Waals surface area contributed by atoms with Crippen molar-refractivity contribution in [1.82, 2.24) is 15.5 Å². The summed E-state index contributed by atoms with van der Waals surface area (Å²) in [5.74, 6) is 2.10. The Morgan fingerprint density at radius 1 is 1.27 bits per heavy atom. The van der Waals surface area contributed by atoms with Crippen LogP contribution in [0.3, 0.4) is 0 Å². The van der Waals surface area contributed by atoms with Gasteiger partial charge in [0.15, 0.2) is 5.82 Å². The molecule has 4 nitrogen and oxygen atoms in total. The van der Waals surface area contributed by atoms with E-state index in [4.69, 9.17) is 4.52 Å². The Kier molecular flexibility index (Phi) is 4.27. The monoisotopic (exact) mass is 211 g/mol. The fourth-order valence-corrected chi connectivity index (χ4v) is 1.38. The molecule has 86 valence electrons. The van der Waals surface area contributed by atoms with Crippen LogP contribution in [-0.4, -0.2) is 22.7 Å². The smallest absolute Gasteiger partial charge is 0.231 e. The second kappa shape index (κ2) is 5.26. The van der Waals surface area contributed by atoms with Gasteiger partial charge in [-0.3, -0.25) is 0 Å². The molecule has 0 amide bonds. The lowest BCUT2D eigenvalue weighted by atomic mass is 10.0. The second-order valence-corrected chi connectivity index (χ2v) is 4.28. The molecule has 0 aliphatic carbocycles. The number of likely N-dealkylation sites (N-methyl/N-ethyl adjacent to an activating group) is 1. The van der Waals surface area contributed by atoms with Gasteiger partial charge in [0.2, 0.25) is 5.89 Å². The maximum atomic E-state index is 5.25. The molecule has 1 heterocycles. The standard InChI is InChI=1S/C11H21N3O/c1-6-12-9(5)8(4)11-13-10(7(2)3)14-15-11/h7-9,12H,6H2,1-5H3. The topological polar surface area (TPSA) is 51.0 Å². The van der Waals surface area contributed by atoms with E-state index in [1.54, 1.807) is 0 Å². The van der Waals surface area contributed by atoms with Crippen LogP contribution in [0, 0.1) is 0 Å². The molecule has 1 aromatic rings. The third-order valence-electron chi connectivity index (χ3n) is 2.64. The zero-order valence-electron chi connectivity index (χ0n) is 10.2. The van der Waals surface area contributed by atoms with E-state index in [1.165, 1.54) is 0 Å². The van der Waals surface area contributed by atoms with E-state index in [0.29, 0.717) is 12.0 Å².